The van der Waals surface area contributed by atoms with Gasteiger partial charge < -0.3 is 10.4 Å². The molecule has 122 valence electrons. The molecule has 2 N–H and O–H groups in total. The van der Waals surface area contributed by atoms with Gasteiger partial charge in [-0.25, -0.2) is 8.78 Å². The Labute approximate surface area is 136 Å². The summed E-state index contributed by atoms with van der Waals surface area (Å²) < 4.78 is 27.5. The molecule has 1 aliphatic heterocycles. The lowest BCUT2D eigenvalue weighted by Crippen LogP contribution is -2.45. The highest BCUT2D eigenvalue weighted by molar-refractivity contribution is 5.85. The summed E-state index contributed by atoms with van der Waals surface area (Å²) >= 11 is 0. The first-order valence-electron chi connectivity index (χ1n) is 6.76. The monoisotopic (exact) mass is 342 g/mol. The summed E-state index contributed by atoms with van der Waals surface area (Å²) in [6, 6.07) is 1.80. The van der Waals surface area contributed by atoms with E-state index in [-0.39, 0.29) is 36.4 Å². The van der Waals surface area contributed by atoms with E-state index in [0.29, 0.717) is 6.42 Å². The Kier molecular flexibility index (Phi) is 9.13. The molecular formula is C14H22Cl2F2N2O. The minimum Gasteiger partial charge on any atom is -0.505 e. The molecule has 1 saturated heterocycles. The predicted octanol–water partition coefficient (Wildman–Crippen LogP) is 3.26. The van der Waals surface area contributed by atoms with E-state index in [1.165, 1.54) is 0 Å². The summed E-state index contributed by atoms with van der Waals surface area (Å²) in [7, 11) is 0. The maximum Gasteiger partial charge on any atom is 0.165 e. The van der Waals surface area contributed by atoms with Crippen LogP contribution in [0.2, 0.25) is 0 Å². The summed E-state index contributed by atoms with van der Waals surface area (Å²) in [5, 5.41) is 13.1. The quantitative estimate of drug-likeness (QED) is 0.881. The molecule has 0 spiro atoms. The van der Waals surface area contributed by atoms with Crippen molar-refractivity contribution in [3.05, 3.63) is 29.3 Å². The molecule has 0 bridgehead atoms. The fourth-order valence-electron chi connectivity index (χ4n) is 2.65. The first-order chi connectivity index (χ1) is 9.15. The summed E-state index contributed by atoms with van der Waals surface area (Å²) in [4.78, 5) is 2.11. The molecule has 1 heterocycles. The SMILES string of the molecule is CCC[C@@H](c1c(F)ccc(F)c1O)N1CCNCC1.Cl.Cl. The Morgan fingerprint density at radius 1 is 1.19 bits per heavy atom. The van der Waals surface area contributed by atoms with E-state index >= 15 is 0 Å². The van der Waals surface area contributed by atoms with Crippen LogP contribution in [0.5, 0.6) is 5.75 Å². The summed E-state index contributed by atoms with van der Waals surface area (Å²) in [5.74, 6) is -1.83. The van der Waals surface area contributed by atoms with Crippen LogP contribution in [-0.2, 0) is 0 Å². The Balaban J connectivity index is 0.00000200. The lowest BCUT2D eigenvalue weighted by molar-refractivity contribution is 0.158. The van der Waals surface area contributed by atoms with E-state index in [2.05, 4.69) is 10.2 Å². The zero-order chi connectivity index (χ0) is 13.8. The Morgan fingerprint density at radius 3 is 2.33 bits per heavy atom. The third-order valence-electron chi connectivity index (χ3n) is 3.60. The lowest BCUT2D eigenvalue weighted by atomic mass is 9.98. The first kappa shape index (κ1) is 20.4. The zero-order valence-corrected chi connectivity index (χ0v) is 13.6. The molecule has 0 amide bonds. The number of hydrogen-bond acceptors (Lipinski definition) is 3. The fraction of sp³-hybridized carbons (Fsp3) is 0.571. The van der Waals surface area contributed by atoms with Gasteiger partial charge in [-0.15, -0.1) is 24.8 Å². The Bertz CT molecular complexity index is 443. The molecule has 3 nitrogen and oxygen atoms in total. The van der Waals surface area contributed by atoms with Gasteiger partial charge in [0.05, 0.1) is 0 Å². The first-order valence-corrected chi connectivity index (χ1v) is 6.76. The van der Waals surface area contributed by atoms with Crippen molar-refractivity contribution in [3.63, 3.8) is 0 Å². The molecule has 7 heteroatoms. The maximum absolute atomic E-state index is 14.0. The van der Waals surface area contributed by atoms with Crippen LogP contribution in [-0.4, -0.2) is 36.2 Å². The van der Waals surface area contributed by atoms with Gasteiger partial charge in [-0.1, -0.05) is 13.3 Å². The molecule has 1 fully saturated rings. The summed E-state index contributed by atoms with van der Waals surface area (Å²) in [6.07, 6.45) is 1.55. The predicted molar refractivity (Wildman–Crippen MR) is 84.6 cm³/mol. The standard InChI is InChI=1S/C14H20F2N2O.2ClH/c1-2-3-12(18-8-6-17-7-9-18)13-10(15)4-5-11(16)14(13)19;;/h4-5,12,17,19H,2-3,6-9H2,1H3;2*1H/t12-;;/m0../s1. The van der Waals surface area contributed by atoms with Crippen molar-refractivity contribution in [2.45, 2.75) is 25.8 Å². The highest BCUT2D eigenvalue weighted by atomic mass is 35.5. The van der Waals surface area contributed by atoms with Crippen molar-refractivity contribution >= 4 is 24.8 Å². The molecule has 0 unspecified atom stereocenters. The van der Waals surface area contributed by atoms with Crippen molar-refractivity contribution in [2.75, 3.05) is 26.2 Å². The van der Waals surface area contributed by atoms with Gasteiger partial charge in [0.25, 0.3) is 0 Å². The number of piperazine rings is 1. The molecule has 21 heavy (non-hydrogen) atoms. The van der Waals surface area contributed by atoms with Crippen molar-refractivity contribution in [1.29, 1.82) is 0 Å². The van der Waals surface area contributed by atoms with E-state index in [4.69, 9.17) is 0 Å². The number of halogens is 4. The number of benzene rings is 1. The molecule has 0 aromatic heterocycles. The Hall–Kier alpha value is -0.620. The number of aromatic hydroxyl groups is 1. The van der Waals surface area contributed by atoms with Crippen molar-refractivity contribution in [3.8, 4) is 5.75 Å². The van der Waals surface area contributed by atoms with Crippen LogP contribution in [0.1, 0.15) is 31.4 Å². The number of nitrogens with one attached hydrogen (secondary N) is 1. The molecule has 1 atom stereocenters. The lowest BCUT2D eigenvalue weighted by Gasteiger charge is -2.35. The van der Waals surface area contributed by atoms with Gasteiger partial charge in [0.15, 0.2) is 11.6 Å². The minimum atomic E-state index is -0.757. The molecule has 0 saturated carbocycles. The highest BCUT2D eigenvalue weighted by Crippen LogP contribution is 2.35. The smallest absolute Gasteiger partial charge is 0.165 e. The minimum absolute atomic E-state index is 0. The van der Waals surface area contributed by atoms with Crippen molar-refractivity contribution < 1.29 is 13.9 Å². The normalized spacial score (nSPS) is 16.7. The van der Waals surface area contributed by atoms with Gasteiger partial charge in [0.1, 0.15) is 5.82 Å². The number of phenolic OH excluding ortho intramolecular Hbond substituents is 1. The van der Waals surface area contributed by atoms with Gasteiger partial charge >= 0.3 is 0 Å². The fourth-order valence-corrected chi connectivity index (χ4v) is 2.65. The van der Waals surface area contributed by atoms with Crippen LogP contribution < -0.4 is 5.32 Å². The van der Waals surface area contributed by atoms with Gasteiger partial charge in [0, 0.05) is 37.8 Å². The highest BCUT2D eigenvalue weighted by Gasteiger charge is 2.27. The molecule has 2 rings (SSSR count). The van der Waals surface area contributed by atoms with E-state index in [9.17, 15) is 13.9 Å². The molecule has 1 aromatic rings. The van der Waals surface area contributed by atoms with E-state index < -0.39 is 17.4 Å². The van der Waals surface area contributed by atoms with Gasteiger partial charge in [-0.05, 0) is 18.6 Å². The second kappa shape index (κ2) is 9.41. The van der Waals surface area contributed by atoms with Crippen LogP contribution >= 0.6 is 24.8 Å². The third-order valence-corrected chi connectivity index (χ3v) is 3.60. The topological polar surface area (TPSA) is 35.5 Å². The number of nitrogens with zero attached hydrogens (tertiary/aromatic N) is 1. The number of phenols is 1. The van der Waals surface area contributed by atoms with Gasteiger partial charge in [-0.2, -0.15) is 0 Å². The summed E-state index contributed by atoms with van der Waals surface area (Å²) in [6.45, 7) is 5.22. The van der Waals surface area contributed by atoms with Crippen LogP contribution in [0.15, 0.2) is 12.1 Å². The second-order valence-corrected chi connectivity index (χ2v) is 4.88. The largest absolute Gasteiger partial charge is 0.505 e. The molecule has 1 aliphatic rings. The average molecular weight is 343 g/mol. The number of rotatable bonds is 4. The molecule has 1 aromatic carbocycles. The van der Waals surface area contributed by atoms with Crippen molar-refractivity contribution in [2.24, 2.45) is 0 Å². The number of hydrogen-bond donors (Lipinski definition) is 2. The van der Waals surface area contributed by atoms with E-state index in [1.807, 2.05) is 6.92 Å². The molecule has 0 aliphatic carbocycles. The van der Waals surface area contributed by atoms with Crippen LogP contribution in [0.4, 0.5) is 8.78 Å². The van der Waals surface area contributed by atoms with Crippen LogP contribution in [0.3, 0.4) is 0 Å². The molecule has 0 radical (unpaired) electrons. The van der Waals surface area contributed by atoms with Gasteiger partial charge in [-0.3, -0.25) is 4.90 Å². The third kappa shape index (κ3) is 4.68. The summed E-state index contributed by atoms with van der Waals surface area (Å²) in [5.41, 5.74) is 0.101. The van der Waals surface area contributed by atoms with Crippen molar-refractivity contribution in [1.82, 2.24) is 10.2 Å². The van der Waals surface area contributed by atoms with E-state index in [0.717, 1.165) is 44.7 Å². The van der Waals surface area contributed by atoms with Crippen LogP contribution in [0.25, 0.3) is 0 Å². The molecular weight excluding hydrogens is 321 g/mol. The Morgan fingerprint density at radius 2 is 1.76 bits per heavy atom. The van der Waals surface area contributed by atoms with Gasteiger partial charge in [0.2, 0.25) is 0 Å². The second-order valence-electron chi connectivity index (χ2n) is 4.88. The zero-order valence-electron chi connectivity index (χ0n) is 11.9. The van der Waals surface area contributed by atoms with E-state index in [1.54, 1.807) is 0 Å². The maximum atomic E-state index is 14.0. The van der Waals surface area contributed by atoms with Crippen LogP contribution in [0, 0.1) is 11.6 Å². The average Bonchev–Trinajstić information content (AvgIpc) is 2.43.